The highest BCUT2D eigenvalue weighted by atomic mass is 35.5. The summed E-state index contributed by atoms with van der Waals surface area (Å²) in [7, 11) is 0. The van der Waals surface area contributed by atoms with Crippen LogP contribution in [0.3, 0.4) is 0 Å². The molecule has 0 aromatic rings. The molecule has 0 bridgehead atoms. The van der Waals surface area contributed by atoms with Crippen LogP contribution in [0.25, 0.3) is 0 Å². The molecule has 0 aromatic heterocycles. The molecule has 0 aromatic carbocycles. The van der Waals surface area contributed by atoms with Crippen molar-refractivity contribution in [1.82, 2.24) is 0 Å². The van der Waals surface area contributed by atoms with Crippen molar-refractivity contribution in [2.24, 2.45) is 5.73 Å². The molecule has 1 nitrogen and oxygen atoms in total. The molecule has 0 aliphatic heterocycles. The number of nitrogens with two attached hydrogens (primary N) is 1. The maximum absolute atomic E-state index is 5.15. The summed E-state index contributed by atoms with van der Waals surface area (Å²) >= 11 is 0. The van der Waals surface area contributed by atoms with Gasteiger partial charge in [-0.3, -0.25) is 0 Å². The molecular weight excluding hydrogens is 110 g/mol. The smallest absolute Gasteiger partial charge is 0.0109 e. The van der Waals surface area contributed by atoms with Gasteiger partial charge in [0, 0.05) is 6.54 Å². The molecule has 0 saturated heterocycles. The lowest BCUT2D eigenvalue weighted by Gasteiger charge is -1.80. The van der Waals surface area contributed by atoms with Crippen LogP contribution in [-0.2, 0) is 0 Å². The fraction of sp³-hybridized carbons (Fsp3) is 0.600. The summed E-state index contributed by atoms with van der Waals surface area (Å²) in [5, 5.41) is 0. The third-order valence-corrected chi connectivity index (χ3v) is 0.526. The van der Waals surface area contributed by atoms with Gasteiger partial charge in [0.2, 0.25) is 0 Å². The molecule has 0 radical (unpaired) electrons. The maximum atomic E-state index is 5.15. The van der Waals surface area contributed by atoms with Gasteiger partial charge >= 0.3 is 0 Å². The first-order chi connectivity index (χ1) is 2.77. The monoisotopic (exact) mass is 120 g/mol. The lowest BCUT2D eigenvalue weighted by molar-refractivity contribution is -0.00000156. The van der Waals surface area contributed by atoms with Gasteiger partial charge in [-0.2, -0.15) is 0 Å². The fourth-order valence-electron chi connectivity index (χ4n) is 0.236. The molecule has 0 spiro atoms. The number of hydrogen-bond acceptors (Lipinski definition) is 1. The molecule has 0 aliphatic rings. The fourth-order valence-corrected chi connectivity index (χ4v) is 0.236. The number of hydrogen-bond donors (Lipinski definition) is 1. The van der Waals surface area contributed by atoms with E-state index in [4.69, 9.17) is 5.73 Å². The Balaban J connectivity index is 0. The minimum atomic E-state index is 0. The number of rotatable bonds is 1. The highest BCUT2D eigenvalue weighted by molar-refractivity contribution is 4.93. The van der Waals surface area contributed by atoms with E-state index >= 15 is 0 Å². The van der Waals surface area contributed by atoms with E-state index in [1.807, 2.05) is 19.9 Å². The normalized spacial score (nSPS) is 6.71. The Bertz CT molecular complexity index is 55.1. The Morgan fingerprint density at radius 1 is 1.57 bits per heavy atom. The van der Waals surface area contributed by atoms with E-state index in [2.05, 4.69) is 0 Å². The van der Waals surface area contributed by atoms with Crippen molar-refractivity contribution in [2.75, 3.05) is 6.54 Å². The minimum absolute atomic E-state index is 0. The van der Waals surface area contributed by atoms with Gasteiger partial charge in [-0.25, -0.2) is 0 Å². The van der Waals surface area contributed by atoms with E-state index in [-0.39, 0.29) is 12.4 Å². The standard InChI is InChI=1S/C5H11N.ClH/c1-5(2)3-4-6;/h3H,4,6H2,1-2H3;1H/p-1. The molecular formula is C5H11ClN-. The zero-order valence-corrected chi connectivity index (χ0v) is 5.50. The molecule has 0 fully saturated rings. The van der Waals surface area contributed by atoms with Crippen LogP contribution in [0.4, 0.5) is 0 Å². The van der Waals surface area contributed by atoms with Crippen molar-refractivity contribution in [3.63, 3.8) is 0 Å². The molecule has 0 atom stereocenters. The largest absolute Gasteiger partial charge is 1.00 e. The molecule has 0 rings (SSSR count). The van der Waals surface area contributed by atoms with Gasteiger partial charge in [0.05, 0.1) is 0 Å². The molecule has 2 N–H and O–H groups in total. The maximum Gasteiger partial charge on any atom is 0.0109 e. The minimum Gasteiger partial charge on any atom is -1.00 e. The lowest BCUT2D eigenvalue weighted by Crippen LogP contribution is -3.00. The predicted octanol–water partition coefficient (Wildman–Crippen LogP) is -2.08. The van der Waals surface area contributed by atoms with Gasteiger partial charge in [-0.05, 0) is 13.8 Å². The van der Waals surface area contributed by atoms with Crippen molar-refractivity contribution in [1.29, 1.82) is 0 Å². The molecule has 0 amide bonds. The van der Waals surface area contributed by atoms with Crippen LogP contribution in [0.2, 0.25) is 0 Å². The van der Waals surface area contributed by atoms with Crippen LogP contribution in [0.1, 0.15) is 13.8 Å². The summed E-state index contributed by atoms with van der Waals surface area (Å²) in [5.41, 5.74) is 6.44. The molecule has 2 heteroatoms. The third kappa shape index (κ3) is 10.7. The predicted molar refractivity (Wildman–Crippen MR) is 28.5 cm³/mol. The first kappa shape index (κ1) is 10.1. The van der Waals surface area contributed by atoms with Crippen LogP contribution in [0, 0.1) is 0 Å². The van der Waals surface area contributed by atoms with Gasteiger partial charge in [-0.1, -0.05) is 11.6 Å². The zero-order chi connectivity index (χ0) is 4.99. The Hall–Kier alpha value is -0.0100. The van der Waals surface area contributed by atoms with Crippen LogP contribution in [0.15, 0.2) is 11.6 Å². The molecule has 0 saturated carbocycles. The van der Waals surface area contributed by atoms with Gasteiger partial charge in [-0.15, -0.1) is 0 Å². The van der Waals surface area contributed by atoms with Gasteiger partial charge in [0.1, 0.15) is 0 Å². The van der Waals surface area contributed by atoms with Gasteiger partial charge in [0.25, 0.3) is 0 Å². The van der Waals surface area contributed by atoms with E-state index < -0.39 is 0 Å². The van der Waals surface area contributed by atoms with E-state index in [0.717, 1.165) is 0 Å². The second-order valence-electron chi connectivity index (χ2n) is 1.52. The molecule has 0 unspecified atom stereocenters. The summed E-state index contributed by atoms with van der Waals surface area (Å²) in [5.74, 6) is 0. The van der Waals surface area contributed by atoms with Gasteiger partial charge in [0.15, 0.2) is 0 Å². The van der Waals surface area contributed by atoms with Gasteiger partial charge < -0.3 is 18.1 Å². The lowest BCUT2D eigenvalue weighted by atomic mass is 10.3. The third-order valence-electron chi connectivity index (χ3n) is 0.526. The van der Waals surface area contributed by atoms with E-state index in [1.165, 1.54) is 5.57 Å². The molecule has 0 heterocycles. The Kier molecular flexibility index (Phi) is 8.62. The molecule has 0 aliphatic carbocycles. The summed E-state index contributed by atoms with van der Waals surface area (Å²) in [4.78, 5) is 0. The van der Waals surface area contributed by atoms with Crippen molar-refractivity contribution in [3.8, 4) is 0 Å². The van der Waals surface area contributed by atoms with Crippen LogP contribution >= 0.6 is 0 Å². The van der Waals surface area contributed by atoms with Crippen molar-refractivity contribution >= 4 is 0 Å². The van der Waals surface area contributed by atoms with E-state index in [9.17, 15) is 0 Å². The van der Waals surface area contributed by atoms with Crippen molar-refractivity contribution in [3.05, 3.63) is 11.6 Å². The molecule has 7 heavy (non-hydrogen) atoms. The Labute approximate surface area is 51.0 Å². The molecule has 44 valence electrons. The Morgan fingerprint density at radius 3 is 2.00 bits per heavy atom. The van der Waals surface area contributed by atoms with Crippen LogP contribution < -0.4 is 18.1 Å². The first-order valence-corrected chi connectivity index (χ1v) is 2.11. The first-order valence-electron chi connectivity index (χ1n) is 2.11. The van der Waals surface area contributed by atoms with E-state index in [1.54, 1.807) is 0 Å². The van der Waals surface area contributed by atoms with Crippen molar-refractivity contribution in [2.45, 2.75) is 13.8 Å². The highest BCUT2D eigenvalue weighted by Crippen LogP contribution is 1.82. The average Bonchev–Trinajstić information content (AvgIpc) is 1.35. The second kappa shape index (κ2) is 5.99. The van der Waals surface area contributed by atoms with Crippen LogP contribution in [-0.4, -0.2) is 6.54 Å². The second-order valence-corrected chi connectivity index (χ2v) is 1.52. The quantitative estimate of drug-likeness (QED) is 0.395. The van der Waals surface area contributed by atoms with Crippen LogP contribution in [0.5, 0.6) is 0 Å². The highest BCUT2D eigenvalue weighted by Gasteiger charge is 1.67. The zero-order valence-electron chi connectivity index (χ0n) is 4.74. The summed E-state index contributed by atoms with van der Waals surface area (Å²) < 4.78 is 0. The number of halogens is 1. The summed E-state index contributed by atoms with van der Waals surface area (Å²) in [6.07, 6.45) is 1.99. The topological polar surface area (TPSA) is 26.0 Å². The van der Waals surface area contributed by atoms with Crippen molar-refractivity contribution < 1.29 is 12.4 Å². The summed E-state index contributed by atoms with van der Waals surface area (Å²) in [6, 6.07) is 0. The SMILES string of the molecule is CC(C)=CCN.[Cl-]. The Morgan fingerprint density at radius 2 is 2.00 bits per heavy atom. The number of allylic oxidation sites excluding steroid dienone is 1. The van der Waals surface area contributed by atoms with E-state index in [0.29, 0.717) is 6.54 Å². The summed E-state index contributed by atoms with van der Waals surface area (Å²) in [6.45, 7) is 4.74. The average molecular weight is 121 g/mol.